The molecule has 3 nitrogen and oxygen atoms in total. The third kappa shape index (κ3) is 11.0. The molecule has 0 saturated heterocycles. The van der Waals surface area contributed by atoms with Gasteiger partial charge in [-0.15, -0.1) is 0 Å². The van der Waals surface area contributed by atoms with Gasteiger partial charge in [0.15, 0.2) is 0 Å². The largest absolute Gasteiger partial charge is 1.00 e. The molecule has 0 heterocycles. The summed E-state index contributed by atoms with van der Waals surface area (Å²) in [6.45, 7) is 0. The van der Waals surface area contributed by atoms with E-state index < -0.39 is 0 Å². The molecular weight excluding hydrogens is 106 g/mol. The molecule has 0 bridgehead atoms. The Bertz CT molecular complexity index is 8.85. The summed E-state index contributed by atoms with van der Waals surface area (Å²) >= 11 is -0.0910. The molecule has 0 aliphatic rings. The minimum atomic E-state index is -0.0910. The molecule has 0 saturated carbocycles. The maximum Gasteiger partial charge on any atom is 1.00 e. The molecule has 26 valence electrons. The van der Waals surface area contributed by atoms with Gasteiger partial charge in [0.1, 0.15) is 0 Å². The maximum absolute atomic E-state index is 8.62. The van der Waals surface area contributed by atoms with Crippen molar-refractivity contribution >= 4 is 0 Å². The molecule has 0 radical (unpaired) electrons. The van der Waals surface area contributed by atoms with Gasteiger partial charge in [-0.25, -0.2) is 0 Å². The van der Waals surface area contributed by atoms with Crippen LogP contribution in [-0.2, 0) is 4.44 Å². The van der Waals surface area contributed by atoms with Crippen molar-refractivity contribution in [1.29, 1.82) is 0 Å². The van der Waals surface area contributed by atoms with Crippen LogP contribution in [0.5, 0.6) is 0 Å². The predicted molar refractivity (Wildman–Crippen MR) is 1.08 cm³/mol. The average molecular weight is 106 g/mol. The quantitative estimate of drug-likeness (QED) is 0.190. The first-order chi connectivity index (χ1) is 1.91. The second-order valence-electron chi connectivity index (χ2n) is 0.126. The summed E-state index contributed by atoms with van der Waals surface area (Å²) in [6.07, 6.45) is 0. The summed E-state index contributed by atoms with van der Waals surface area (Å²) in [4.78, 5) is 0. The summed E-state index contributed by atoms with van der Waals surface area (Å²) in [6, 6.07) is 0. The van der Waals surface area contributed by atoms with Gasteiger partial charge in [0.2, 0.25) is 0 Å². The van der Waals surface area contributed by atoms with Crippen molar-refractivity contribution in [3.8, 4) is 0 Å². The molecule has 0 rings (SSSR count). The van der Waals surface area contributed by atoms with E-state index in [1.54, 1.807) is 0 Å². The van der Waals surface area contributed by atoms with E-state index in [1.165, 1.54) is 0 Å². The number of hydrogen-bond acceptors (Lipinski definition) is 3. The summed E-state index contributed by atoms with van der Waals surface area (Å²) in [7, 11) is 0. The third-order valence-corrected chi connectivity index (χ3v) is 0.0772. The van der Waals surface area contributed by atoms with Crippen molar-refractivity contribution in [2.45, 2.75) is 0 Å². The third-order valence-electron chi connectivity index (χ3n) is 0.0257. The van der Waals surface area contributed by atoms with Crippen LogP contribution in [0.1, 0.15) is 0 Å². The molecule has 0 atom stereocenters. The van der Waals surface area contributed by atoms with E-state index in [9.17, 15) is 0 Å². The molecular formula is ClNaO3. The second kappa shape index (κ2) is 8.95. The molecule has 0 aromatic heterocycles. The first kappa shape index (κ1) is 9.48. The van der Waals surface area contributed by atoms with Crippen LogP contribution in [0.4, 0.5) is 0 Å². The van der Waals surface area contributed by atoms with Gasteiger partial charge in [-0.1, -0.05) is 0 Å². The van der Waals surface area contributed by atoms with Gasteiger partial charge >= 0.3 is 40.9 Å². The van der Waals surface area contributed by atoms with E-state index in [1.807, 2.05) is 0 Å². The molecule has 0 spiro atoms. The molecule has 0 unspecified atom stereocenters. The van der Waals surface area contributed by atoms with E-state index in [0.717, 1.165) is 0 Å². The van der Waals surface area contributed by atoms with E-state index in [-0.39, 0.29) is 40.9 Å². The standard InChI is InChI=1S/ClHO3.Na/c2-1-4-3;/h3H;/q;+1/p-1. The minimum absolute atomic E-state index is 0. The molecule has 5 heteroatoms. The monoisotopic (exact) mass is 106 g/mol. The van der Waals surface area contributed by atoms with Gasteiger partial charge in [-0.3, -0.25) is 0 Å². The van der Waals surface area contributed by atoms with Crippen LogP contribution in [0.2, 0.25) is 0 Å². The fourth-order valence-corrected chi connectivity index (χ4v) is 0. The molecule has 0 aliphatic carbocycles. The van der Waals surface area contributed by atoms with Crippen LogP contribution in [0.15, 0.2) is 0 Å². The topological polar surface area (TPSA) is 55.3 Å². The maximum atomic E-state index is 8.62. The Morgan fingerprint density at radius 1 is 1.60 bits per heavy atom. The van der Waals surface area contributed by atoms with Crippen molar-refractivity contribution in [3.05, 3.63) is 0 Å². The van der Waals surface area contributed by atoms with Gasteiger partial charge < -0.3 is 9.92 Å². The molecule has 5 heavy (non-hydrogen) atoms. The van der Waals surface area contributed by atoms with Crippen LogP contribution in [-0.4, -0.2) is 0 Å². The SMILES string of the molecule is [Na+].[O-]O[Cl+][O-]. The first-order valence-corrected chi connectivity index (χ1v) is 1.09. The van der Waals surface area contributed by atoms with Crippen LogP contribution in [0.25, 0.3) is 0 Å². The summed E-state index contributed by atoms with van der Waals surface area (Å²) in [5.74, 6) is 0. The average Bonchev–Trinajstić information content (AvgIpc) is 1.37. The normalized spacial score (nSPS) is 6.00. The minimum Gasteiger partial charge on any atom is -0.663 e. The van der Waals surface area contributed by atoms with Gasteiger partial charge in [-0.2, -0.15) is 4.44 Å². The first-order valence-electron chi connectivity index (χ1n) is 0.475. The van der Waals surface area contributed by atoms with Gasteiger partial charge in [0.25, 0.3) is 0 Å². The Labute approximate surface area is 55.2 Å². The molecule has 0 N–H and O–H groups in total. The summed E-state index contributed by atoms with van der Waals surface area (Å²) in [5.41, 5.74) is 0. The van der Waals surface area contributed by atoms with E-state index in [4.69, 9.17) is 9.92 Å². The number of hydrogen-bond donors (Lipinski definition) is 0. The smallest absolute Gasteiger partial charge is 0.663 e. The predicted octanol–water partition coefficient (Wildman–Crippen LogP) is -5.44. The Morgan fingerprint density at radius 3 is 1.80 bits per heavy atom. The van der Waals surface area contributed by atoms with Crippen molar-refractivity contribution in [1.82, 2.24) is 0 Å². The molecule has 0 aromatic rings. The fourth-order valence-electron chi connectivity index (χ4n) is 0. The molecule has 0 aliphatic heterocycles. The zero-order valence-electron chi connectivity index (χ0n) is 2.60. The van der Waals surface area contributed by atoms with E-state index >= 15 is 0 Å². The van der Waals surface area contributed by atoms with Crippen LogP contribution in [0, 0.1) is 11.3 Å². The molecule has 0 amide bonds. The van der Waals surface area contributed by atoms with Crippen LogP contribution >= 0.6 is 0 Å². The Morgan fingerprint density at radius 2 is 1.80 bits per heavy atom. The fraction of sp³-hybridized carbons (Fsp3) is 0. The van der Waals surface area contributed by atoms with Crippen molar-refractivity contribution in [2.24, 2.45) is 0 Å². The van der Waals surface area contributed by atoms with Crippen molar-refractivity contribution < 1.29 is 55.2 Å². The Kier molecular flexibility index (Phi) is 17.0. The van der Waals surface area contributed by atoms with Gasteiger partial charge in [0.05, 0.1) is 0 Å². The number of rotatable bonds is 1. The second-order valence-corrected chi connectivity index (χ2v) is 0.378. The zero-order valence-corrected chi connectivity index (χ0v) is 5.36. The zero-order chi connectivity index (χ0) is 3.41. The Hall–Kier alpha value is 1.17. The summed E-state index contributed by atoms with van der Waals surface area (Å²) < 4.78 is 11.2. The van der Waals surface area contributed by atoms with Gasteiger partial charge in [0, 0.05) is 0 Å². The number of halogens is 1. The van der Waals surface area contributed by atoms with Gasteiger partial charge in [-0.05, 0) is 0 Å². The molecule has 0 fully saturated rings. The molecule has 0 aromatic carbocycles. The Balaban J connectivity index is 0. The van der Waals surface area contributed by atoms with E-state index in [0.29, 0.717) is 0 Å². The van der Waals surface area contributed by atoms with E-state index in [2.05, 4.69) is 4.44 Å². The van der Waals surface area contributed by atoms with Crippen molar-refractivity contribution in [3.63, 3.8) is 0 Å². The van der Waals surface area contributed by atoms with Crippen molar-refractivity contribution in [2.75, 3.05) is 0 Å². The van der Waals surface area contributed by atoms with Crippen LogP contribution < -0.4 is 39.5 Å². The van der Waals surface area contributed by atoms with Crippen LogP contribution in [0.3, 0.4) is 0 Å². The summed E-state index contributed by atoms with van der Waals surface area (Å²) in [5, 5.41) is 8.42.